The van der Waals surface area contributed by atoms with Crippen LogP contribution < -0.4 is 5.32 Å². The van der Waals surface area contributed by atoms with Crippen LogP contribution in [0.1, 0.15) is 37.0 Å². The van der Waals surface area contributed by atoms with Crippen molar-refractivity contribution < 1.29 is 9.59 Å². The molecule has 1 aliphatic carbocycles. The van der Waals surface area contributed by atoms with Crippen molar-refractivity contribution in [3.05, 3.63) is 21.3 Å². The first-order chi connectivity index (χ1) is 10.1. The Labute approximate surface area is 133 Å². The molecule has 2 amide bonds. The van der Waals surface area contributed by atoms with Gasteiger partial charge in [-0.2, -0.15) is 0 Å². The second-order valence-corrected chi connectivity index (χ2v) is 7.61. The highest BCUT2D eigenvalue weighted by Crippen LogP contribution is 2.29. The van der Waals surface area contributed by atoms with E-state index in [2.05, 4.69) is 5.32 Å². The maximum atomic E-state index is 12.2. The van der Waals surface area contributed by atoms with Gasteiger partial charge in [-0.1, -0.05) is 24.4 Å². The molecule has 1 aromatic heterocycles. The lowest BCUT2D eigenvalue weighted by Crippen LogP contribution is -2.36. The summed E-state index contributed by atoms with van der Waals surface area (Å²) >= 11 is 7.34. The first kappa shape index (κ1) is 14.9. The summed E-state index contributed by atoms with van der Waals surface area (Å²) in [6, 6.07) is 4.11. The predicted molar refractivity (Wildman–Crippen MR) is 83.3 cm³/mol. The Kier molecular flexibility index (Phi) is 4.50. The van der Waals surface area contributed by atoms with Crippen molar-refractivity contribution in [2.24, 2.45) is 5.92 Å². The van der Waals surface area contributed by atoms with E-state index in [1.54, 1.807) is 0 Å². The molecule has 4 nitrogen and oxygen atoms in total. The molecule has 0 radical (unpaired) electrons. The van der Waals surface area contributed by atoms with Gasteiger partial charge in [-0.05, 0) is 25.0 Å². The maximum Gasteiger partial charge on any atom is 0.225 e. The Morgan fingerprint density at radius 3 is 2.81 bits per heavy atom. The molecule has 1 aliphatic heterocycles. The van der Waals surface area contributed by atoms with Crippen LogP contribution in [-0.2, 0) is 16.1 Å². The van der Waals surface area contributed by atoms with Crippen molar-refractivity contribution in [3.8, 4) is 0 Å². The molecular weight excluding hydrogens is 308 g/mol. The van der Waals surface area contributed by atoms with Gasteiger partial charge in [0.1, 0.15) is 0 Å². The third-order valence-electron chi connectivity index (χ3n) is 4.36. The minimum atomic E-state index is -0.200. The first-order valence-corrected chi connectivity index (χ1v) is 8.64. The molecule has 3 rings (SSSR count). The van der Waals surface area contributed by atoms with Crippen LogP contribution in [0.25, 0.3) is 0 Å². The van der Waals surface area contributed by atoms with Gasteiger partial charge in [0.25, 0.3) is 0 Å². The van der Waals surface area contributed by atoms with E-state index in [1.165, 1.54) is 24.2 Å². The van der Waals surface area contributed by atoms with Gasteiger partial charge in [0.15, 0.2) is 0 Å². The molecule has 1 saturated carbocycles. The molecule has 6 heteroatoms. The third kappa shape index (κ3) is 3.40. The molecule has 1 saturated heterocycles. The van der Waals surface area contributed by atoms with E-state index in [1.807, 2.05) is 17.0 Å². The van der Waals surface area contributed by atoms with Gasteiger partial charge < -0.3 is 10.2 Å². The standard InChI is InChI=1S/C15H19ClN2O2S/c16-13-6-5-12(21-13)8-17-15(20)10-7-14(19)18(9-10)11-3-1-2-4-11/h5-6,10-11H,1-4,7-9H2,(H,17,20). The van der Waals surface area contributed by atoms with E-state index < -0.39 is 0 Å². The van der Waals surface area contributed by atoms with Gasteiger partial charge in [-0.25, -0.2) is 0 Å². The first-order valence-electron chi connectivity index (χ1n) is 7.45. The quantitative estimate of drug-likeness (QED) is 0.925. The number of halogens is 1. The molecular formula is C15H19ClN2O2S. The van der Waals surface area contributed by atoms with Gasteiger partial charge in [0, 0.05) is 23.9 Å². The highest BCUT2D eigenvalue weighted by atomic mass is 35.5. The second kappa shape index (κ2) is 6.36. The molecule has 114 valence electrons. The summed E-state index contributed by atoms with van der Waals surface area (Å²) in [6.45, 7) is 1.07. The maximum absolute atomic E-state index is 12.2. The van der Waals surface area contributed by atoms with Crippen LogP contribution >= 0.6 is 22.9 Å². The average molecular weight is 327 g/mol. The van der Waals surface area contributed by atoms with E-state index in [0.717, 1.165) is 22.1 Å². The number of amides is 2. The smallest absolute Gasteiger partial charge is 0.225 e. The van der Waals surface area contributed by atoms with Crippen LogP contribution in [-0.4, -0.2) is 29.3 Å². The van der Waals surface area contributed by atoms with E-state index in [-0.39, 0.29) is 17.7 Å². The number of hydrogen-bond acceptors (Lipinski definition) is 3. The normalized spacial score (nSPS) is 23.0. The number of carbonyl (C=O) groups is 2. The molecule has 1 atom stereocenters. The highest BCUT2D eigenvalue weighted by Gasteiger charge is 2.38. The van der Waals surface area contributed by atoms with E-state index in [4.69, 9.17) is 11.6 Å². The number of hydrogen-bond donors (Lipinski definition) is 1. The largest absolute Gasteiger partial charge is 0.351 e. The zero-order chi connectivity index (χ0) is 14.8. The average Bonchev–Trinajstić information content (AvgIpc) is 3.16. The summed E-state index contributed by atoms with van der Waals surface area (Å²) in [7, 11) is 0. The summed E-state index contributed by atoms with van der Waals surface area (Å²) in [5.74, 6) is -0.0804. The van der Waals surface area contributed by atoms with Crippen molar-refractivity contribution in [1.29, 1.82) is 0 Å². The minimum Gasteiger partial charge on any atom is -0.351 e. The number of thiophene rings is 1. The molecule has 1 aromatic rings. The minimum absolute atomic E-state index is 0.0200. The lowest BCUT2D eigenvalue weighted by atomic mass is 10.1. The summed E-state index contributed by atoms with van der Waals surface area (Å²) in [6.07, 6.45) is 4.93. The van der Waals surface area contributed by atoms with Crippen LogP contribution in [0.15, 0.2) is 12.1 Å². The van der Waals surface area contributed by atoms with E-state index in [0.29, 0.717) is 25.6 Å². The van der Waals surface area contributed by atoms with E-state index >= 15 is 0 Å². The summed E-state index contributed by atoms with van der Waals surface area (Å²) in [4.78, 5) is 27.3. The van der Waals surface area contributed by atoms with Crippen molar-refractivity contribution in [2.75, 3.05) is 6.54 Å². The van der Waals surface area contributed by atoms with Crippen LogP contribution in [0.4, 0.5) is 0 Å². The van der Waals surface area contributed by atoms with Crippen LogP contribution in [0.2, 0.25) is 4.34 Å². The SMILES string of the molecule is O=C(NCc1ccc(Cl)s1)C1CC(=O)N(C2CCCC2)C1. The van der Waals surface area contributed by atoms with Crippen molar-refractivity contribution in [1.82, 2.24) is 10.2 Å². The molecule has 21 heavy (non-hydrogen) atoms. The molecule has 0 bridgehead atoms. The number of carbonyl (C=O) groups excluding carboxylic acids is 2. The topological polar surface area (TPSA) is 49.4 Å². The fraction of sp³-hybridized carbons (Fsp3) is 0.600. The molecule has 2 fully saturated rings. The van der Waals surface area contributed by atoms with Gasteiger partial charge in [-0.3, -0.25) is 9.59 Å². The number of rotatable bonds is 4. The molecule has 0 spiro atoms. The Bertz CT molecular complexity index is 540. The van der Waals surface area contributed by atoms with E-state index in [9.17, 15) is 9.59 Å². The van der Waals surface area contributed by atoms with Gasteiger partial charge in [0.2, 0.25) is 11.8 Å². The lowest BCUT2D eigenvalue weighted by molar-refractivity contribution is -0.130. The number of nitrogens with one attached hydrogen (secondary N) is 1. The van der Waals surface area contributed by atoms with Crippen molar-refractivity contribution in [2.45, 2.75) is 44.7 Å². The summed E-state index contributed by atoms with van der Waals surface area (Å²) < 4.78 is 0.725. The molecule has 1 unspecified atom stereocenters. The van der Waals surface area contributed by atoms with Crippen LogP contribution in [0, 0.1) is 5.92 Å². The summed E-state index contributed by atoms with van der Waals surface area (Å²) in [5, 5.41) is 2.92. The monoisotopic (exact) mass is 326 g/mol. The summed E-state index contributed by atoms with van der Waals surface area (Å²) in [5.41, 5.74) is 0. The molecule has 2 heterocycles. The Balaban J connectivity index is 1.52. The second-order valence-electron chi connectivity index (χ2n) is 5.81. The van der Waals surface area contributed by atoms with Gasteiger partial charge in [-0.15, -0.1) is 11.3 Å². The Hall–Kier alpha value is -1.07. The molecule has 1 N–H and O–H groups in total. The fourth-order valence-corrected chi connectivity index (χ4v) is 4.27. The Morgan fingerprint density at radius 1 is 1.38 bits per heavy atom. The molecule has 2 aliphatic rings. The highest BCUT2D eigenvalue weighted by molar-refractivity contribution is 7.16. The van der Waals surface area contributed by atoms with Crippen molar-refractivity contribution >= 4 is 34.8 Å². The van der Waals surface area contributed by atoms with Gasteiger partial charge in [0.05, 0.1) is 16.8 Å². The zero-order valence-electron chi connectivity index (χ0n) is 11.8. The fourth-order valence-electron chi connectivity index (χ4n) is 3.24. The predicted octanol–water partition coefficient (Wildman–Crippen LogP) is 2.81. The Morgan fingerprint density at radius 2 is 2.14 bits per heavy atom. The van der Waals surface area contributed by atoms with Crippen molar-refractivity contribution in [3.63, 3.8) is 0 Å². The number of likely N-dealkylation sites (tertiary alicyclic amines) is 1. The van der Waals surface area contributed by atoms with Gasteiger partial charge >= 0.3 is 0 Å². The van der Waals surface area contributed by atoms with Crippen LogP contribution in [0.3, 0.4) is 0 Å². The molecule has 0 aromatic carbocycles. The zero-order valence-corrected chi connectivity index (χ0v) is 13.4. The third-order valence-corrected chi connectivity index (χ3v) is 5.59. The lowest BCUT2D eigenvalue weighted by Gasteiger charge is -2.23. The van der Waals surface area contributed by atoms with Crippen LogP contribution in [0.5, 0.6) is 0 Å². The number of nitrogens with zero attached hydrogens (tertiary/aromatic N) is 1.